The molecule has 0 fully saturated rings. The third-order valence-electron chi connectivity index (χ3n) is 1.49. The van der Waals surface area contributed by atoms with Gasteiger partial charge in [-0.3, -0.25) is 9.63 Å². The zero-order valence-corrected chi connectivity index (χ0v) is 13.4. The summed E-state index contributed by atoms with van der Waals surface area (Å²) >= 11 is 1.30. The number of carbonyl (C=O) groups is 1. The Morgan fingerprint density at radius 2 is 1.61 bits per heavy atom. The van der Waals surface area contributed by atoms with Crippen LogP contribution >= 0.6 is 12.0 Å². The maximum absolute atomic E-state index is 10.9. The van der Waals surface area contributed by atoms with Gasteiger partial charge in [-0.2, -0.15) is 5.06 Å². The van der Waals surface area contributed by atoms with Crippen molar-refractivity contribution in [3.63, 3.8) is 0 Å². The van der Waals surface area contributed by atoms with Crippen molar-refractivity contribution in [1.29, 1.82) is 0 Å². The Morgan fingerprint density at radius 1 is 1.11 bits per heavy atom. The minimum atomic E-state index is -0.00231. The second-order valence-electron chi connectivity index (χ2n) is 4.27. The molecule has 0 saturated heterocycles. The predicted molar refractivity (Wildman–Crippen MR) is 73.2 cm³/mol. The second-order valence-corrected chi connectivity index (χ2v) is 5.54. The highest BCUT2D eigenvalue weighted by Crippen LogP contribution is 2.10. The van der Waals surface area contributed by atoms with Gasteiger partial charge in [-0.15, -0.1) is 9.32 Å². The van der Waals surface area contributed by atoms with Crippen molar-refractivity contribution < 1.29 is 19.0 Å². The second kappa shape index (κ2) is 11.7. The van der Waals surface area contributed by atoms with Gasteiger partial charge in [0.2, 0.25) is 5.91 Å². The molecule has 0 radical (unpaired) electrons. The van der Waals surface area contributed by atoms with Crippen molar-refractivity contribution in [1.82, 2.24) is 10.1 Å². The largest absolute Gasteiger partial charge is 0.275 e. The first kappa shape index (κ1) is 20.0. The molecular formula is C11H26N2O4S. The summed E-state index contributed by atoms with van der Waals surface area (Å²) in [6, 6.07) is 0. The summed E-state index contributed by atoms with van der Waals surface area (Å²) in [7, 11) is 6.60. The van der Waals surface area contributed by atoms with Crippen LogP contribution in [0.3, 0.4) is 0 Å². The van der Waals surface area contributed by atoms with Gasteiger partial charge < -0.3 is 0 Å². The van der Waals surface area contributed by atoms with Crippen LogP contribution in [0, 0.1) is 5.92 Å². The fourth-order valence-electron chi connectivity index (χ4n) is 0.611. The van der Waals surface area contributed by atoms with Gasteiger partial charge in [0.15, 0.2) is 0 Å². The van der Waals surface area contributed by atoms with Crippen molar-refractivity contribution in [3.8, 4) is 0 Å². The van der Waals surface area contributed by atoms with E-state index in [1.807, 2.05) is 27.7 Å². The Bertz CT molecular complexity index is 205. The summed E-state index contributed by atoms with van der Waals surface area (Å²) in [5, 5.41) is 3.16. The van der Waals surface area contributed by atoms with E-state index in [0.717, 1.165) is 0 Å². The van der Waals surface area contributed by atoms with Gasteiger partial charge >= 0.3 is 0 Å². The van der Waals surface area contributed by atoms with Crippen LogP contribution in [0.4, 0.5) is 0 Å². The van der Waals surface area contributed by atoms with Crippen molar-refractivity contribution in [2.24, 2.45) is 5.92 Å². The fourth-order valence-corrected chi connectivity index (χ4v) is 0.925. The van der Waals surface area contributed by atoms with Crippen LogP contribution < -0.4 is 0 Å². The van der Waals surface area contributed by atoms with E-state index in [4.69, 9.17) is 4.33 Å². The van der Waals surface area contributed by atoms with Crippen LogP contribution in [0.1, 0.15) is 27.7 Å². The highest BCUT2D eigenvalue weighted by atomic mass is 32.2. The summed E-state index contributed by atoms with van der Waals surface area (Å²) in [4.78, 5) is 20.2. The lowest BCUT2D eigenvalue weighted by molar-refractivity contribution is -0.340. The van der Waals surface area contributed by atoms with Crippen molar-refractivity contribution in [2.45, 2.75) is 32.9 Å². The molecule has 0 spiro atoms. The Labute approximate surface area is 115 Å². The molecule has 0 bridgehead atoms. The Kier molecular flexibility index (Phi) is 13.0. The molecule has 0 unspecified atom stereocenters. The van der Waals surface area contributed by atoms with E-state index in [-0.39, 0.29) is 11.8 Å². The van der Waals surface area contributed by atoms with Gasteiger partial charge in [0.25, 0.3) is 0 Å². The van der Waals surface area contributed by atoms with Crippen LogP contribution in [0.2, 0.25) is 0 Å². The Hall–Kier alpha value is -0.340. The van der Waals surface area contributed by atoms with E-state index in [9.17, 15) is 4.79 Å². The number of hydroxylamine groups is 4. The molecule has 0 atom stereocenters. The van der Waals surface area contributed by atoms with E-state index < -0.39 is 0 Å². The number of nitrogens with zero attached hydrogens (tertiary/aromatic N) is 2. The molecule has 0 aliphatic heterocycles. The van der Waals surface area contributed by atoms with E-state index in [0.29, 0.717) is 5.25 Å². The molecule has 0 aromatic heterocycles. The monoisotopic (exact) mass is 282 g/mol. The van der Waals surface area contributed by atoms with Crippen LogP contribution in [-0.2, 0) is 19.0 Å². The first-order chi connectivity index (χ1) is 8.22. The molecule has 7 heteroatoms. The zero-order chi connectivity index (χ0) is 14.7. The fraction of sp³-hybridized carbons (Fsp3) is 0.909. The average molecular weight is 282 g/mol. The summed E-state index contributed by atoms with van der Waals surface area (Å²) in [5.41, 5.74) is 0. The summed E-state index contributed by atoms with van der Waals surface area (Å²) in [5.74, 6) is 0.00690. The molecule has 1 amide bonds. The molecule has 0 heterocycles. The van der Waals surface area contributed by atoms with E-state index in [1.54, 1.807) is 21.1 Å². The maximum atomic E-state index is 10.9. The SMILES string of the molecule is CC(C)SOON(C)C.CON(C)C(=O)C(C)C. The molecule has 0 N–H and O–H groups in total. The third-order valence-corrected chi connectivity index (χ3v) is 2.01. The van der Waals surface area contributed by atoms with Crippen LogP contribution in [-0.4, -0.2) is 49.5 Å². The Morgan fingerprint density at radius 3 is 1.83 bits per heavy atom. The standard InChI is InChI=1S/C6H13NO2.C5H13NO2S/c1-5(2)6(8)7(3)9-4;1-5(2)9-8-7-6(3)4/h2*5H,1-4H3. The normalized spacial score (nSPS) is 10.6. The Balaban J connectivity index is 0. The molecule has 0 saturated carbocycles. The molecule has 18 heavy (non-hydrogen) atoms. The zero-order valence-electron chi connectivity index (χ0n) is 12.6. The number of rotatable bonds is 6. The van der Waals surface area contributed by atoms with Crippen molar-refractivity contribution >= 4 is 17.9 Å². The van der Waals surface area contributed by atoms with Gasteiger partial charge in [0.1, 0.15) is 0 Å². The molecule has 6 nitrogen and oxygen atoms in total. The van der Waals surface area contributed by atoms with Crippen LogP contribution in [0.5, 0.6) is 0 Å². The van der Waals surface area contributed by atoms with Gasteiger partial charge in [-0.25, -0.2) is 5.06 Å². The first-order valence-corrected chi connectivity index (χ1v) is 6.51. The van der Waals surface area contributed by atoms with E-state index in [1.165, 1.54) is 29.3 Å². The van der Waals surface area contributed by atoms with E-state index in [2.05, 4.69) is 9.83 Å². The van der Waals surface area contributed by atoms with Gasteiger partial charge in [-0.1, -0.05) is 27.7 Å². The topological polar surface area (TPSA) is 51.2 Å². The summed E-state index contributed by atoms with van der Waals surface area (Å²) < 4.78 is 4.70. The van der Waals surface area contributed by atoms with Crippen molar-refractivity contribution in [2.75, 3.05) is 28.3 Å². The smallest absolute Gasteiger partial charge is 0.248 e. The minimum absolute atomic E-state index is 0.00231. The van der Waals surface area contributed by atoms with Crippen LogP contribution in [0.15, 0.2) is 0 Å². The first-order valence-electron chi connectivity index (χ1n) is 5.71. The average Bonchev–Trinajstić information content (AvgIpc) is 2.26. The molecule has 0 aromatic carbocycles. The van der Waals surface area contributed by atoms with Gasteiger partial charge in [0.05, 0.1) is 7.11 Å². The summed E-state index contributed by atoms with van der Waals surface area (Å²) in [6.07, 6.45) is 0. The molecular weight excluding hydrogens is 256 g/mol. The van der Waals surface area contributed by atoms with Crippen LogP contribution in [0.25, 0.3) is 0 Å². The molecule has 0 aliphatic rings. The highest BCUT2D eigenvalue weighted by molar-refractivity contribution is 7.95. The number of amides is 1. The number of carbonyl (C=O) groups excluding carboxylic acids is 1. The molecule has 0 aromatic rings. The third kappa shape index (κ3) is 13.7. The summed E-state index contributed by atoms with van der Waals surface area (Å²) in [6.45, 7) is 7.73. The van der Waals surface area contributed by atoms with Gasteiger partial charge in [-0.05, 0) is 0 Å². The lowest BCUT2D eigenvalue weighted by Crippen LogP contribution is -2.29. The van der Waals surface area contributed by atoms with Gasteiger partial charge in [0, 0.05) is 44.4 Å². The molecule has 0 aliphatic carbocycles. The minimum Gasteiger partial charge on any atom is -0.275 e. The molecule has 0 rings (SSSR count). The van der Waals surface area contributed by atoms with Crippen molar-refractivity contribution in [3.05, 3.63) is 0 Å². The highest BCUT2D eigenvalue weighted by Gasteiger charge is 2.11. The maximum Gasteiger partial charge on any atom is 0.248 e. The number of hydrogen-bond donors (Lipinski definition) is 0. The lowest BCUT2D eigenvalue weighted by atomic mass is 10.2. The quantitative estimate of drug-likeness (QED) is 0.422. The predicted octanol–water partition coefficient (Wildman–Crippen LogP) is 2.13. The number of hydrogen-bond acceptors (Lipinski definition) is 6. The molecule has 110 valence electrons. The lowest BCUT2D eigenvalue weighted by Gasteiger charge is -2.15. The van der Waals surface area contributed by atoms with E-state index >= 15 is 0 Å².